The summed E-state index contributed by atoms with van der Waals surface area (Å²) < 4.78 is 7.59. The Kier molecular flexibility index (Phi) is 4.79. The molecule has 1 aromatic heterocycles. The van der Waals surface area contributed by atoms with E-state index >= 15 is 0 Å². The van der Waals surface area contributed by atoms with Gasteiger partial charge in [0, 0.05) is 23.1 Å². The first-order valence-electron chi connectivity index (χ1n) is 8.57. The van der Waals surface area contributed by atoms with Crippen molar-refractivity contribution in [3.63, 3.8) is 0 Å². The quantitative estimate of drug-likeness (QED) is 0.703. The topological polar surface area (TPSA) is 34.4 Å². The molecule has 24 heavy (non-hydrogen) atoms. The lowest BCUT2D eigenvalue weighted by Crippen LogP contribution is -2.00. The third kappa shape index (κ3) is 3.12. The molecule has 1 N–H and O–H groups in total. The molecular weight excluding hydrogens is 298 g/mol. The Morgan fingerprint density at radius 2 is 1.79 bits per heavy atom. The average Bonchev–Trinajstić information content (AvgIpc) is 2.85. The lowest BCUT2D eigenvalue weighted by molar-refractivity contribution is 0.414. The normalized spacial score (nSPS) is 11.1. The van der Waals surface area contributed by atoms with E-state index in [1.165, 1.54) is 27.7 Å². The van der Waals surface area contributed by atoms with Crippen molar-refractivity contribution in [2.75, 3.05) is 7.11 Å². The average molecular weight is 323 g/mol. The van der Waals surface area contributed by atoms with Crippen molar-refractivity contribution < 1.29 is 9.84 Å². The highest BCUT2D eigenvalue weighted by Crippen LogP contribution is 2.30. The predicted molar refractivity (Wildman–Crippen MR) is 99.0 cm³/mol. The molecule has 0 saturated carbocycles. The highest BCUT2D eigenvalue weighted by Gasteiger charge is 2.14. The molecule has 0 saturated heterocycles. The molecule has 126 valence electrons. The molecule has 0 unspecified atom stereocenters. The number of nitrogens with zero attached hydrogens (tertiary/aromatic N) is 1. The number of aromatic nitrogens is 1. The third-order valence-electron chi connectivity index (χ3n) is 4.71. The highest BCUT2D eigenvalue weighted by atomic mass is 16.5. The van der Waals surface area contributed by atoms with Crippen LogP contribution in [0.3, 0.4) is 0 Å². The molecule has 0 atom stereocenters. The zero-order valence-electron chi connectivity index (χ0n) is 14.7. The van der Waals surface area contributed by atoms with Crippen molar-refractivity contribution in [1.29, 1.82) is 0 Å². The Morgan fingerprint density at radius 3 is 2.46 bits per heavy atom. The first-order chi connectivity index (χ1) is 11.6. The van der Waals surface area contributed by atoms with E-state index in [0.29, 0.717) is 5.75 Å². The number of hydrogen-bond donors (Lipinski definition) is 1. The van der Waals surface area contributed by atoms with Gasteiger partial charge in [0.25, 0.3) is 0 Å². The summed E-state index contributed by atoms with van der Waals surface area (Å²) in [5.41, 5.74) is 5.17. The summed E-state index contributed by atoms with van der Waals surface area (Å²) in [5, 5.41) is 11.1. The first-order valence-corrected chi connectivity index (χ1v) is 8.57. The molecule has 0 radical (unpaired) electrons. The maximum atomic E-state index is 9.90. The fourth-order valence-electron chi connectivity index (χ4n) is 3.43. The zero-order valence-corrected chi connectivity index (χ0v) is 14.7. The van der Waals surface area contributed by atoms with Gasteiger partial charge >= 0.3 is 0 Å². The number of aryl methyl sites for hydroxylation is 3. The molecule has 3 heteroatoms. The maximum absolute atomic E-state index is 9.90. The summed E-state index contributed by atoms with van der Waals surface area (Å²) >= 11 is 0. The van der Waals surface area contributed by atoms with Crippen molar-refractivity contribution >= 4 is 10.9 Å². The molecule has 3 nitrogen and oxygen atoms in total. The summed E-state index contributed by atoms with van der Waals surface area (Å²) in [6.45, 7) is 5.40. The van der Waals surface area contributed by atoms with Gasteiger partial charge in [-0.05, 0) is 67.6 Å². The number of phenols is 1. The summed E-state index contributed by atoms with van der Waals surface area (Å²) in [6, 6.07) is 14.0. The SMILES string of the molecule is CCCn1c(C)c(CCc2ccc(OC)cc2)c2cc(O)ccc21. The van der Waals surface area contributed by atoms with E-state index in [1.54, 1.807) is 13.2 Å². The number of phenolic OH excluding ortho intramolecular Hbond substituents is 1. The van der Waals surface area contributed by atoms with E-state index in [4.69, 9.17) is 4.74 Å². The molecule has 0 bridgehead atoms. The van der Waals surface area contributed by atoms with Crippen LogP contribution in [0.5, 0.6) is 11.5 Å². The molecule has 0 aliphatic heterocycles. The van der Waals surface area contributed by atoms with Crippen LogP contribution in [0.25, 0.3) is 10.9 Å². The van der Waals surface area contributed by atoms with E-state index in [-0.39, 0.29) is 0 Å². The van der Waals surface area contributed by atoms with Crippen LogP contribution in [0.2, 0.25) is 0 Å². The third-order valence-corrected chi connectivity index (χ3v) is 4.71. The predicted octanol–water partition coefficient (Wildman–Crippen LogP) is 4.86. The number of hydrogen-bond acceptors (Lipinski definition) is 2. The Balaban J connectivity index is 1.92. The fourth-order valence-corrected chi connectivity index (χ4v) is 3.43. The summed E-state index contributed by atoms with van der Waals surface area (Å²) in [4.78, 5) is 0. The smallest absolute Gasteiger partial charge is 0.118 e. The van der Waals surface area contributed by atoms with Crippen LogP contribution >= 0.6 is 0 Å². The van der Waals surface area contributed by atoms with E-state index < -0.39 is 0 Å². The monoisotopic (exact) mass is 323 g/mol. The van der Waals surface area contributed by atoms with Crippen molar-refractivity contribution in [2.45, 2.75) is 39.7 Å². The minimum atomic E-state index is 0.335. The maximum Gasteiger partial charge on any atom is 0.118 e. The van der Waals surface area contributed by atoms with Crippen LogP contribution in [0.4, 0.5) is 0 Å². The molecule has 0 aliphatic carbocycles. The molecule has 0 spiro atoms. The molecule has 0 aliphatic rings. The number of rotatable bonds is 6. The molecule has 0 amide bonds. The van der Waals surface area contributed by atoms with Gasteiger partial charge in [-0.2, -0.15) is 0 Å². The van der Waals surface area contributed by atoms with Crippen molar-refractivity contribution in [2.24, 2.45) is 0 Å². The highest BCUT2D eigenvalue weighted by molar-refractivity contribution is 5.87. The second-order valence-electron chi connectivity index (χ2n) is 6.27. The number of ether oxygens (including phenoxy) is 1. The minimum Gasteiger partial charge on any atom is -0.508 e. The largest absolute Gasteiger partial charge is 0.508 e. The molecule has 2 aromatic carbocycles. The van der Waals surface area contributed by atoms with Crippen LogP contribution in [0, 0.1) is 6.92 Å². The Labute approximate surface area is 143 Å². The van der Waals surface area contributed by atoms with Crippen molar-refractivity contribution in [3.8, 4) is 11.5 Å². The van der Waals surface area contributed by atoms with Crippen LogP contribution in [0.15, 0.2) is 42.5 Å². The first kappa shape index (κ1) is 16.4. The van der Waals surface area contributed by atoms with Crippen LogP contribution in [-0.2, 0) is 19.4 Å². The number of benzene rings is 2. The Bertz CT molecular complexity index is 831. The zero-order chi connectivity index (χ0) is 17.1. The van der Waals surface area contributed by atoms with Gasteiger partial charge in [-0.25, -0.2) is 0 Å². The number of aromatic hydroxyl groups is 1. The molecular formula is C21H25NO2. The van der Waals surface area contributed by atoms with Gasteiger partial charge in [0.05, 0.1) is 7.11 Å². The van der Waals surface area contributed by atoms with Gasteiger partial charge < -0.3 is 14.4 Å². The number of fused-ring (bicyclic) bond motifs is 1. The Hall–Kier alpha value is -2.42. The standard InChI is InChI=1S/C21H25NO2/c1-4-13-22-15(2)19(20-14-17(23)8-12-21(20)22)11-7-16-5-9-18(24-3)10-6-16/h5-6,8-10,12,14,23H,4,7,11,13H2,1-3H3. The van der Waals surface area contributed by atoms with Gasteiger partial charge in [-0.3, -0.25) is 0 Å². The van der Waals surface area contributed by atoms with E-state index in [2.05, 4.69) is 30.5 Å². The summed E-state index contributed by atoms with van der Waals surface area (Å²) in [5.74, 6) is 1.22. The lowest BCUT2D eigenvalue weighted by atomic mass is 10.0. The van der Waals surface area contributed by atoms with Crippen LogP contribution in [0.1, 0.15) is 30.2 Å². The van der Waals surface area contributed by atoms with Crippen LogP contribution < -0.4 is 4.74 Å². The van der Waals surface area contributed by atoms with Gasteiger partial charge in [0.2, 0.25) is 0 Å². The van der Waals surface area contributed by atoms with Crippen LogP contribution in [-0.4, -0.2) is 16.8 Å². The van der Waals surface area contributed by atoms with Gasteiger partial charge in [-0.15, -0.1) is 0 Å². The number of methoxy groups -OCH3 is 1. The lowest BCUT2D eigenvalue weighted by Gasteiger charge is -2.07. The molecule has 1 heterocycles. The summed E-state index contributed by atoms with van der Waals surface area (Å²) in [7, 11) is 1.69. The van der Waals surface area contributed by atoms with E-state index in [0.717, 1.165) is 31.6 Å². The molecule has 3 rings (SSSR count). The van der Waals surface area contributed by atoms with E-state index in [1.807, 2.05) is 24.3 Å². The van der Waals surface area contributed by atoms with Gasteiger partial charge in [-0.1, -0.05) is 19.1 Å². The van der Waals surface area contributed by atoms with Crippen molar-refractivity contribution in [3.05, 3.63) is 59.3 Å². The second-order valence-corrected chi connectivity index (χ2v) is 6.27. The summed E-state index contributed by atoms with van der Waals surface area (Å²) in [6.07, 6.45) is 3.05. The molecule has 0 fully saturated rings. The molecule has 3 aromatic rings. The Morgan fingerprint density at radius 1 is 1.04 bits per heavy atom. The van der Waals surface area contributed by atoms with E-state index in [9.17, 15) is 5.11 Å². The second kappa shape index (κ2) is 7.00. The van der Waals surface area contributed by atoms with Gasteiger partial charge in [0.15, 0.2) is 0 Å². The fraction of sp³-hybridized carbons (Fsp3) is 0.333. The van der Waals surface area contributed by atoms with Gasteiger partial charge in [0.1, 0.15) is 11.5 Å². The minimum absolute atomic E-state index is 0.335. The van der Waals surface area contributed by atoms with Crippen molar-refractivity contribution in [1.82, 2.24) is 4.57 Å².